The molecule has 0 unspecified atom stereocenters. The molecule has 3 aromatic rings. The molecule has 128 valence electrons. The van der Waals surface area contributed by atoms with E-state index in [1.807, 2.05) is 49.4 Å². The summed E-state index contributed by atoms with van der Waals surface area (Å²) in [5.41, 5.74) is 1.79. The van der Waals surface area contributed by atoms with Crippen LogP contribution in [-0.2, 0) is 4.79 Å². The second-order valence-electron chi connectivity index (χ2n) is 5.48. The van der Waals surface area contributed by atoms with Crippen LogP contribution in [0.15, 0.2) is 59.3 Å². The molecule has 0 radical (unpaired) electrons. The van der Waals surface area contributed by atoms with Crippen LogP contribution in [0.1, 0.15) is 12.5 Å². The number of nitrogens with zero attached hydrogens (tertiary/aromatic N) is 3. The number of rotatable bonds is 5. The molecular formula is C18H17BrN4O2. The Morgan fingerprint density at radius 2 is 2.00 bits per heavy atom. The molecule has 7 heteroatoms. The number of ether oxygens (including phenoxy) is 1. The van der Waals surface area contributed by atoms with E-state index in [0.717, 1.165) is 11.3 Å². The van der Waals surface area contributed by atoms with E-state index in [0.29, 0.717) is 16.2 Å². The Bertz CT molecular complexity index is 880. The predicted octanol–water partition coefficient (Wildman–Crippen LogP) is 3.74. The van der Waals surface area contributed by atoms with E-state index in [1.165, 1.54) is 0 Å². The highest BCUT2D eigenvalue weighted by Gasteiger charge is 2.19. The van der Waals surface area contributed by atoms with Crippen molar-refractivity contribution >= 4 is 27.7 Å². The quantitative estimate of drug-likeness (QED) is 0.707. The van der Waals surface area contributed by atoms with Crippen molar-refractivity contribution in [3.8, 4) is 11.6 Å². The second kappa shape index (κ2) is 7.48. The molecule has 0 aliphatic carbocycles. The van der Waals surface area contributed by atoms with Gasteiger partial charge in [0.15, 0.2) is 6.10 Å². The lowest BCUT2D eigenvalue weighted by Crippen LogP contribution is -2.31. The fourth-order valence-corrected chi connectivity index (χ4v) is 2.55. The smallest absolute Gasteiger partial charge is 0.266 e. The SMILES string of the molecule is Cc1cccnc1NC(=O)[C@H](C)Oc1nn(-c2ccccc2)cc1Br. The van der Waals surface area contributed by atoms with Gasteiger partial charge in [-0.1, -0.05) is 24.3 Å². The van der Waals surface area contributed by atoms with Gasteiger partial charge in [0.05, 0.1) is 10.2 Å². The van der Waals surface area contributed by atoms with Gasteiger partial charge in [-0.3, -0.25) is 4.79 Å². The Labute approximate surface area is 154 Å². The molecule has 2 heterocycles. The summed E-state index contributed by atoms with van der Waals surface area (Å²) in [7, 11) is 0. The molecule has 0 saturated heterocycles. The highest BCUT2D eigenvalue weighted by molar-refractivity contribution is 9.10. The van der Waals surface area contributed by atoms with Gasteiger partial charge >= 0.3 is 0 Å². The van der Waals surface area contributed by atoms with Crippen molar-refractivity contribution in [1.82, 2.24) is 14.8 Å². The minimum Gasteiger partial charge on any atom is -0.463 e. The molecule has 0 bridgehead atoms. The molecule has 6 nitrogen and oxygen atoms in total. The zero-order chi connectivity index (χ0) is 17.8. The number of aromatic nitrogens is 3. The number of anilines is 1. The maximum absolute atomic E-state index is 12.3. The Morgan fingerprint density at radius 3 is 2.72 bits per heavy atom. The average Bonchev–Trinajstić information content (AvgIpc) is 2.98. The topological polar surface area (TPSA) is 69.0 Å². The zero-order valence-corrected chi connectivity index (χ0v) is 15.4. The number of para-hydroxylation sites is 1. The first-order valence-corrected chi connectivity index (χ1v) is 8.53. The maximum Gasteiger partial charge on any atom is 0.266 e. The number of hydrogen-bond acceptors (Lipinski definition) is 4. The minimum absolute atomic E-state index is 0.289. The van der Waals surface area contributed by atoms with Crippen molar-refractivity contribution < 1.29 is 9.53 Å². The highest BCUT2D eigenvalue weighted by Crippen LogP contribution is 2.25. The Kier molecular flexibility index (Phi) is 5.14. The van der Waals surface area contributed by atoms with Crippen molar-refractivity contribution in [3.05, 3.63) is 64.9 Å². The molecule has 1 atom stereocenters. The van der Waals surface area contributed by atoms with E-state index in [4.69, 9.17) is 4.74 Å². The summed E-state index contributed by atoms with van der Waals surface area (Å²) in [5.74, 6) is 0.587. The van der Waals surface area contributed by atoms with Crippen LogP contribution in [0.5, 0.6) is 5.88 Å². The summed E-state index contributed by atoms with van der Waals surface area (Å²) < 4.78 is 8.06. The maximum atomic E-state index is 12.3. The lowest BCUT2D eigenvalue weighted by molar-refractivity contribution is -0.122. The third kappa shape index (κ3) is 4.06. The lowest BCUT2D eigenvalue weighted by atomic mass is 10.3. The van der Waals surface area contributed by atoms with Crippen LogP contribution in [0, 0.1) is 6.92 Å². The molecule has 0 saturated carbocycles. The highest BCUT2D eigenvalue weighted by atomic mass is 79.9. The summed E-state index contributed by atoms with van der Waals surface area (Å²) in [4.78, 5) is 16.5. The Morgan fingerprint density at radius 1 is 1.24 bits per heavy atom. The Hall–Kier alpha value is -2.67. The van der Waals surface area contributed by atoms with Gasteiger partial charge in [0, 0.05) is 12.4 Å². The van der Waals surface area contributed by atoms with E-state index >= 15 is 0 Å². The van der Waals surface area contributed by atoms with E-state index in [-0.39, 0.29) is 5.91 Å². The molecule has 0 aliphatic rings. The number of aryl methyl sites for hydroxylation is 1. The van der Waals surface area contributed by atoms with Crippen LogP contribution in [-0.4, -0.2) is 26.8 Å². The molecule has 1 aromatic carbocycles. The van der Waals surface area contributed by atoms with E-state index in [1.54, 1.807) is 24.0 Å². The van der Waals surface area contributed by atoms with Gasteiger partial charge in [-0.2, -0.15) is 0 Å². The summed E-state index contributed by atoms with van der Waals surface area (Å²) in [5, 5.41) is 7.14. The van der Waals surface area contributed by atoms with Gasteiger partial charge in [0.25, 0.3) is 5.91 Å². The van der Waals surface area contributed by atoms with E-state index < -0.39 is 6.10 Å². The van der Waals surface area contributed by atoms with Gasteiger partial charge in [-0.25, -0.2) is 9.67 Å². The molecule has 1 N–H and O–H groups in total. The van der Waals surface area contributed by atoms with Gasteiger partial charge in [-0.15, -0.1) is 5.10 Å². The number of benzene rings is 1. The first-order chi connectivity index (χ1) is 12.0. The predicted molar refractivity (Wildman–Crippen MR) is 99.0 cm³/mol. The standard InChI is InChI=1S/C18H17BrN4O2/c1-12-7-6-10-20-16(12)21-17(24)13(2)25-18-15(19)11-23(22-18)14-8-4-3-5-9-14/h3-11,13H,1-2H3,(H,20,21,24)/t13-/m0/s1. The largest absolute Gasteiger partial charge is 0.463 e. The number of nitrogens with one attached hydrogen (secondary N) is 1. The van der Waals surface area contributed by atoms with Gasteiger partial charge < -0.3 is 10.1 Å². The second-order valence-corrected chi connectivity index (χ2v) is 6.33. The summed E-state index contributed by atoms with van der Waals surface area (Å²) in [6.07, 6.45) is 2.70. The zero-order valence-electron chi connectivity index (χ0n) is 13.8. The van der Waals surface area contributed by atoms with Crippen LogP contribution in [0.4, 0.5) is 5.82 Å². The molecule has 1 amide bonds. The van der Waals surface area contributed by atoms with Crippen molar-refractivity contribution in [2.75, 3.05) is 5.32 Å². The number of carbonyl (C=O) groups is 1. The fraction of sp³-hybridized carbons (Fsp3) is 0.167. The number of pyridine rings is 1. The van der Waals surface area contributed by atoms with Crippen LogP contribution in [0.2, 0.25) is 0 Å². The van der Waals surface area contributed by atoms with Crippen LogP contribution in [0.25, 0.3) is 5.69 Å². The van der Waals surface area contributed by atoms with Gasteiger partial charge in [0.1, 0.15) is 5.82 Å². The molecule has 3 rings (SSSR count). The monoisotopic (exact) mass is 400 g/mol. The van der Waals surface area contributed by atoms with Crippen molar-refractivity contribution in [2.24, 2.45) is 0 Å². The van der Waals surface area contributed by atoms with Crippen molar-refractivity contribution in [2.45, 2.75) is 20.0 Å². The number of hydrogen-bond donors (Lipinski definition) is 1. The number of halogens is 1. The molecular weight excluding hydrogens is 384 g/mol. The fourth-order valence-electron chi connectivity index (χ4n) is 2.19. The Balaban J connectivity index is 1.71. The number of amides is 1. The van der Waals surface area contributed by atoms with Gasteiger partial charge in [0.2, 0.25) is 5.88 Å². The molecule has 0 aliphatic heterocycles. The summed E-state index contributed by atoms with van der Waals surface area (Å²) >= 11 is 3.42. The lowest BCUT2D eigenvalue weighted by Gasteiger charge is -2.13. The van der Waals surface area contributed by atoms with Crippen LogP contribution < -0.4 is 10.1 Å². The van der Waals surface area contributed by atoms with Crippen LogP contribution >= 0.6 is 15.9 Å². The summed E-state index contributed by atoms with van der Waals surface area (Å²) in [6, 6.07) is 13.4. The number of carbonyl (C=O) groups excluding carboxylic acids is 1. The van der Waals surface area contributed by atoms with Crippen molar-refractivity contribution in [3.63, 3.8) is 0 Å². The average molecular weight is 401 g/mol. The first-order valence-electron chi connectivity index (χ1n) is 7.74. The van der Waals surface area contributed by atoms with E-state index in [2.05, 4.69) is 31.3 Å². The third-order valence-corrected chi connectivity index (χ3v) is 4.11. The molecule has 0 spiro atoms. The normalized spacial score (nSPS) is 11.8. The minimum atomic E-state index is -0.725. The third-order valence-electron chi connectivity index (χ3n) is 3.57. The van der Waals surface area contributed by atoms with Gasteiger partial charge in [-0.05, 0) is 53.5 Å². The molecule has 2 aromatic heterocycles. The summed E-state index contributed by atoms with van der Waals surface area (Å²) in [6.45, 7) is 3.55. The first kappa shape index (κ1) is 17.2. The van der Waals surface area contributed by atoms with Crippen molar-refractivity contribution in [1.29, 1.82) is 0 Å². The molecule has 0 fully saturated rings. The van der Waals surface area contributed by atoms with E-state index in [9.17, 15) is 4.79 Å². The molecule has 25 heavy (non-hydrogen) atoms. The van der Waals surface area contributed by atoms with Crippen LogP contribution in [0.3, 0.4) is 0 Å².